The van der Waals surface area contributed by atoms with Crippen LogP contribution in [0.4, 0.5) is 0 Å². The Morgan fingerprint density at radius 3 is 1.20 bits per heavy atom. The van der Waals surface area contributed by atoms with E-state index in [1.165, 1.54) is 122 Å². The highest BCUT2D eigenvalue weighted by molar-refractivity contribution is 5.19. The SMILES string of the molecule is C=CCO[C@H]1CC[C@@]2(C)[C@@H](C1)C[C@@H](OCC=C)[C@@H]1[C@@H]2C[C@H](OCC=C)[C@]2(C)[C@@H]([C@H](C)CCCC)CC[C@@H]12.CCCC[C@@H](C)[C@H]1CC[C@H]2[C@@H]3[C@H](O)C[C@@H]4C[C@@H](O)CC[C@]4(C)[C@H]3C[C@H](O)[C@]12C.CCCC[C@@H](C)[C@H]1CC[C@H]2[C@@H]3[C@H](O)C[C@@H]4C[C@H](O)CC[C@]4(C)[C@H]3C[C@H](O)[C@]12C. The summed E-state index contributed by atoms with van der Waals surface area (Å²) >= 11 is 0. The molecule has 93 heavy (non-hydrogen) atoms. The Labute approximate surface area is 569 Å². The second-order valence-electron chi connectivity index (χ2n) is 36.7. The molecule has 33 atom stereocenters. The fourth-order valence-corrected chi connectivity index (χ4v) is 27.7. The summed E-state index contributed by atoms with van der Waals surface area (Å²) in [4.78, 5) is 0. The van der Waals surface area contributed by atoms with Crippen molar-refractivity contribution in [3.05, 3.63) is 38.0 Å². The number of hydrogen-bond acceptors (Lipinski definition) is 9. The van der Waals surface area contributed by atoms with Crippen molar-refractivity contribution in [3.63, 3.8) is 0 Å². The van der Waals surface area contributed by atoms with Crippen molar-refractivity contribution in [1.82, 2.24) is 0 Å². The van der Waals surface area contributed by atoms with Crippen LogP contribution in [0.2, 0.25) is 0 Å². The van der Waals surface area contributed by atoms with Gasteiger partial charge in [0.05, 0.1) is 74.8 Å². The van der Waals surface area contributed by atoms with Gasteiger partial charge in [-0.15, -0.1) is 19.7 Å². The van der Waals surface area contributed by atoms with Crippen LogP contribution in [-0.4, -0.2) is 105 Å². The Hall–Kier alpha value is -1.14. The van der Waals surface area contributed by atoms with Crippen molar-refractivity contribution in [2.24, 2.45) is 139 Å². The molecule has 12 saturated carbocycles. The molecule has 0 aromatic rings. The number of fused-ring (bicyclic) bond motifs is 15. The molecule has 12 rings (SSSR count). The molecule has 9 heteroatoms. The topological polar surface area (TPSA) is 149 Å². The molecule has 0 radical (unpaired) electrons. The van der Waals surface area contributed by atoms with Crippen LogP contribution in [0.15, 0.2) is 38.0 Å². The third-order valence-corrected chi connectivity index (χ3v) is 32.8. The smallest absolute Gasteiger partial charge is 0.0648 e. The Morgan fingerprint density at radius 1 is 0.398 bits per heavy atom. The van der Waals surface area contributed by atoms with Crippen LogP contribution in [0.3, 0.4) is 0 Å². The van der Waals surface area contributed by atoms with Crippen LogP contribution in [0.1, 0.15) is 276 Å². The van der Waals surface area contributed by atoms with Crippen LogP contribution in [0.5, 0.6) is 0 Å². The van der Waals surface area contributed by atoms with E-state index in [0.29, 0.717) is 138 Å². The van der Waals surface area contributed by atoms with Gasteiger partial charge in [-0.05, 0) is 268 Å². The lowest BCUT2D eigenvalue weighted by molar-refractivity contribution is -0.223. The molecule has 0 saturated heterocycles. The van der Waals surface area contributed by atoms with E-state index >= 15 is 0 Å². The van der Waals surface area contributed by atoms with Crippen molar-refractivity contribution >= 4 is 0 Å². The molecule has 6 N–H and O–H groups in total. The fraction of sp³-hybridized carbons (Fsp3) is 0.929. The van der Waals surface area contributed by atoms with E-state index < -0.39 is 0 Å². The second-order valence-corrected chi connectivity index (χ2v) is 36.7. The summed E-state index contributed by atoms with van der Waals surface area (Å²) in [5.74, 6) is 9.75. The molecule has 0 aliphatic heterocycles. The maximum Gasteiger partial charge on any atom is 0.0648 e. The van der Waals surface area contributed by atoms with Gasteiger partial charge in [0.15, 0.2) is 0 Å². The quantitative estimate of drug-likeness (QED) is 0.0618. The first-order chi connectivity index (χ1) is 44.3. The van der Waals surface area contributed by atoms with E-state index in [-0.39, 0.29) is 63.7 Å². The number of ether oxygens (including phenoxy) is 3. The highest BCUT2D eigenvalue weighted by Gasteiger charge is 2.70. The monoisotopic (exact) mass is 1300 g/mol. The first kappa shape index (κ1) is 74.5. The molecule has 0 heterocycles. The van der Waals surface area contributed by atoms with Gasteiger partial charge in [0.25, 0.3) is 0 Å². The lowest BCUT2D eigenvalue weighted by Crippen LogP contribution is -2.63. The normalized spacial score (nSPS) is 50.3. The molecular weight excluding hydrogens is 1150 g/mol. The third kappa shape index (κ3) is 13.6. The van der Waals surface area contributed by atoms with Crippen LogP contribution in [0, 0.1) is 139 Å². The van der Waals surface area contributed by atoms with Crippen LogP contribution in [0.25, 0.3) is 0 Å². The molecule has 0 spiro atoms. The molecule has 12 aliphatic carbocycles. The lowest BCUT2D eigenvalue weighted by atomic mass is 9.43. The number of aliphatic hydroxyl groups excluding tert-OH is 6. The van der Waals surface area contributed by atoms with Gasteiger partial charge in [-0.1, -0.05) is 159 Å². The van der Waals surface area contributed by atoms with Crippen LogP contribution in [-0.2, 0) is 14.2 Å². The first-order valence-electron chi connectivity index (χ1n) is 40.1. The third-order valence-electron chi connectivity index (χ3n) is 32.8. The predicted octanol–water partition coefficient (Wildman–Crippen LogP) is 18.0. The van der Waals surface area contributed by atoms with E-state index in [1.54, 1.807) is 0 Å². The minimum absolute atomic E-state index is 0.0350. The maximum absolute atomic E-state index is 11.5. The highest BCUT2D eigenvalue weighted by Crippen LogP contribution is 2.73. The summed E-state index contributed by atoms with van der Waals surface area (Å²) in [6.07, 6.45) is 39.3. The van der Waals surface area contributed by atoms with Crippen LogP contribution >= 0.6 is 0 Å². The van der Waals surface area contributed by atoms with Crippen molar-refractivity contribution in [2.75, 3.05) is 19.8 Å². The summed E-state index contributed by atoms with van der Waals surface area (Å²) in [7, 11) is 0. The van der Waals surface area contributed by atoms with E-state index in [2.05, 4.69) is 103 Å². The van der Waals surface area contributed by atoms with E-state index in [9.17, 15) is 30.6 Å². The molecule has 12 aliphatic rings. The molecule has 0 aromatic carbocycles. The predicted molar refractivity (Wildman–Crippen MR) is 380 cm³/mol. The number of rotatable bonds is 21. The molecule has 534 valence electrons. The number of aliphatic hydroxyl groups is 6. The molecular formula is C84H144O9. The Balaban J connectivity index is 0.000000155. The molecule has 9 nitrogen and oxygen atoms in total. The molecule has 0 aromatic heterocycles. The first-order valence-corrected chi connectivity index (χ1v) is 40.1. The average Bonchev–Trinajstić information content (AvgIpc) is 1.70. The van der Waals surface area contributed by atoms with Crippen LogP contribution < -0.4 is 0 Å². The van der Waals surface area contributed by atoms with Gasteiger partial charge in [-0.3, -0.25) is 0 Å². The van der Waals surface area contributed by atoms with Crippen molar-refractivity contribution < 1.29 is 44.8 Å². The molecule has 12 fully saturated rings. The minimum atomic E-state index is -0.255. The van der Waals surface area contributed by atoms with E-state index in [4.69, 9.17) is 14.2 Å². The van der Waals surface area contributed by atoms with Gasteiger partial charge in [-0.2, -0.15) is 0 Å². The summed E-state index contributed by atoms with van der Waals surface area (Å²) in [5.41, 5.74) is 0.824. The Morgan fingerprint density at radius 2 is 0.774 bits per heavy atom. The minimum Gasteiger partial charge on any atom is -0.393 e. The summed E-state index contributed by atoms with van der Waals surface area (Å²) < 4.78 is 19.7. The van der Waals surface area contributed by atoms with Gasteiger partial charge >= 0.3 is 0 Å². The summed E-state index contributed by atoms with van der Waals surface area (Å²) in [6, 6.07) is 0. The molecule has 0 bridgehead atoms. The van der Waals surface area contributed by atoms with E-state index in [1.807, 2.05) is 18.2 Å². The second kappa shape index (κ2) is 30.6. The summed E-state index contributed by atoms with van der Waals surface area (Å²) in [5, 5.41) is 66.1. The largest absolute Gasteiger partial charge is 0.393 e. The van der Waals surface area contributed by atoms with Crippen molar-refractivity contribution in [3.8, 4) is 0 Å². The zero-order valence-electron chi connectivity index (χ0n) is 61.7. The average molecular weight is 1300 g/mol. The van der Waals surface area contributed by atoms with E-state index in [0.717, 1.165) is 82.5 Å². The van der Waals surface area contributed by atoms with Crippen molar-refractivity contribution in [1.29, 1.82) is 0 Å². The zero-order chi connectivity index (χ0) is 67.2. The number of unbranched alkanes of at least 4 members (excludes halogenated alkanes) is 3. The van der Waals surface area contributed by atoms with Gasteiger partial charge < -0.3 is 44.8 Å². The highest BCUT2D eigenvalue weighted by atomic mass is 16.5. The molecule has 0 unspecified atom stereocenters. The van der Waals surface area contributed by atoms with Gasteiger partial charge in [0, 0.05) is 5.41 Å². The Bertz CT molecular complexity index is 2320. The standard InChI is InChI=1S/C34H56O3.2C25H44O3/c1-8-12-13-24(5)27-14-15-28-32-29(23-31(34(27,28)7)37-20-11-4)33(6)17-16-26(35-18-9-2)21-25(33)22-30(32)36-19-10-3;2*1-5-6-7-15(2)18-8-9-19-23-20(14-22(28)25(18,19)4)24(3)11-10-17(26)12-16(24)13-21(23)27/h9-11,24-32H,2-4,8,12-23H2,1,5-7H3;2*15-23,26-28H,5-14H2,1-4H3/t24-,25+,26+,27-,28+,29+,30-,31+,32+,33+,34-;15-,16+,17+,18-,19+,20+,21-,22+,23+,24+,25-;15-,16+,17-,18-,19+,20+,21-,22+,23+,24+,25-/m111/s1. The van der Waals surface area contributed by atoms with Gasteiger partial charge in [0.1, 0.15) is 0 Å². The lowest BCUT2D eigenvalue weighted by Gasteiger charge is -2.64. The van der Waals surface area contributed by atoms with Gasteiger partial charge in [0.2, 0.25) is 0 Å². The fourth-order valence-electron chi connectivity index (χ4n) is 27.7. The van der Waals surface area contributed by atoms with Gasteiger partial charge in [-0.25, -0.2) is 0 Å². The maximum atomic E-state index is 11.5. The number of hydrogen-bond donors (Lipinski definition) is 6. The summed E-state index contributed by atoms with van der Waals surface area (Å²) in [6.45, 7) is 42.8. The molecule has 0 amide bonds. The Kier molecular flexibility index (Phi) is 24.5. The van der Waals surface area contributed by atoms with Crippen molar-refractivity contribution in [2.45, 2.75) is 331 Å². The zero-order valence-corrected chi connectivity index (χ0v) is 61.7.